The molecule has 0 bridgehead atoms. The number of benzene rings is 1. The molecule has 0 aliphatic carbocycles. The number of fused-ring (bicyclic) bond motifs is 1. The van der Waals surface area contributed by atoms with Crippen LogP contribution in [0.1, 0.15) is 28.5 Å². The highest BCUT2D eigenvalue weighted by molar-refractivity contribution is 6.35. The summed E-state index contributed by atoms with van der Waals surface area (Å²) < 4.78 is 5.30. The molecule has 2 aromatic heterocycles. The standard InChI is InChI=1S/C22H17N3O3/c1-28-20-9-11-24-18(20)12-16-21-14(4-2-6-17(21)25-22(16)27)7-8-19(26)15-5-3-10-23-13-15/h2-6,9-13,19,24,26H,1H3,(H,25,27)/b16-12-. The quantitative estimate of drug-likeness (QED) is 0.488. The van der Waals surface area contributed by atoms with Crippen LogP contribution in [0.5, 0.6) is 5.75 Å². The number of aliphatic hydroxyl groups is 1. The second kappa shape index (κ2) is 7.43. The first-order valence-electron chi connectivity index (χ1n) is 8.64. The summed E-state index contributed by atoms with van der Waals surface area (Å²) in [5.74, 6) is 6.26. The van der Waals surface area contributed by atoms with E-state index in [9.17, 15) is 9.90 Å². The van der Waals surface area contributed by atoms with Gasteiger partial charge in [-0.3, -0.25) is 9.78 Å². The number of aromatic amines is 1. The van der Waals surface area contributed by atoms with E-state index in [0.717, 1.165) is 0 Å². The first-order valence-corrected chi connectivity index (χ1v) is 8.64. The van der Waals surface area contributed by atoms with Crippen LogP contribution in [-0.4, -0.2) is 28.1 Å². The molecule has 3 heterocycles. The van der Waals surface area contributed by atoms with Crippen LogP contribution < -0.4 is 10.1 Å². The normalized spacial score (nSPS) is 14.8. The van der Waals surface area contributed by atoms with Crippen molar-refractivity contribution in [3.8, 4) is 17.6 Å². The van der Waals surface area contributed by atoms with E-state index in [0.29, 0.717) is 39.4 Å². The molecule has 6 heteroatoms. The summed E-state index contributed by atoms with van der Waals surface area (Å²) in [5.41, 5.74) is 3.83. The average Bonchev–Trinajstić information content (AvgIpc) is 3.31. The van der Waals surface area contributed by atoms with Crippen LogP contribution >= 0.6 is 0 Å². The lowest BCUT2D eigenvalue weighted by Crippen LogP contribution is -2.03. The van der Waals surface area contributed by atoms with Crippen LogP contribution in [0.2, 0.25) is 0 Å². The number of pyridine rings is 1. The van der Waals surface area contributed by atoms with Crippen LogP contribution in [0.25, 0.3) is 11.6 Å². The van der Waals surface area contributed by atoms with Crippen molar-refractivity contribution in [1.29, 1.82) is 0 Å². The van der Waals surface area contributed by atoms with Gasteiger partial charge in [-0.2, -0.15) is 0 Å². The largest absolute Gasteiger partial charge is 0.495 e. The van der Waals surface area contributed by atoms with E-state index in [-0.39, 0.29) is 5.91 Å². The molecule has 28 heavy (non-hydrogen) atoms. The first-order chi connectivity index (χ1) is 13.7. The first kappa shape index (κ1) is 17.6. The minimum atomic E-state index is -0.967. The molecule has 0 radical (unpaired) electrons. The van der Waals surface area contributed by atoms with Crippen molar-refractivity contribution >= 4 is 23.2 Å². The maximum Gasteiger partial charge on any atom is 0.256 e. The number of aromatic nitrogens is 2. The maximum absolute atomic E-state index is 12.5. The Morgan fingerprint density at radius 1 is 1.25 bits per heavy atom. The van der Waals surface area contributed by atoms with Crippen molar-refractivity contribution in [3.63, 3.8) is 0 Å². The average molecular weight is 371 g/mol. The zero-order valence-electron chi connectivity index (χ0n) is 15.1. The Labute approximate surface area is 161 Å². The second-order valence-corrected chi connectivity index (χ2v) is 6.16. The van der Waals surface area contributed by atoms with Gasteiger partial charge in [-0.15, -0.1) is 0 Å². The van der Waals surface area contributed by atoms with E-state index in [1.807, 2.05) is 18.2 Å². The van der Waals surface area contributed by atoms with Gasteiger partial charge >= 0.3 is 0 Å². The Kier molecular flexibility index (Phi) is 4.67. The fourth-order valence-electron chi connectivity index (χ4n) is 3.06. The van der Waals surface area contributed by atoms with Gasteiger partial charge in [-0.05, 0) is 30.3 Å². The van der Waals surface area contributed by atoms with Crippen molar-refractivity contribution in [2.45, 2.75) is 6.10 Å². The van der Waals surface area contributed by atoms with Crippen LogP contribution in [0.3, 0.4) is 0 Å². The maximum atomic E-state index is 12.5. The zero-order valence-corrected chi connectivity index (χ0v) is 15.1. The van der Waals surface area contributed by atoms with Gasteiger partial charge in [0.1, 0.15) is 11.9 Å². The predicted molar refractivity (Wildman–Crippen MR) is 106 cm³/mol. The summed E-state index contributed by atoms with van der Waals surface area (Å²) in [6.07, 6.45) is 5.72. The third-order valence-corrected chi connectivity index (χ3v) is 4.42. The number of H-pyrrole nitrogens is 1. The van der Waals surface area contributed by atoms with Gasteiger partial charge in [-0.1, -0.05) is 24.0 Å². The molecule has 0 fully saturated rings. The van der Waals surface area contributed by atoms with Gasteiger partial charge in [-0.25, -0.2) is 0 Å². The zero-order chi connectivity index (χ0) is 19.5. The summed E-state index contributed by atoms with van der Waals surface area (Å²) in [6, 6.07) is 10.8. The Balaban J connectivity index is 1.75. The molecule has 0 saturated carbocycles. The lowest BCUT2D eigenvalue weighted by molar-refractivity contribution is -0.110. The van der Waals surface area contributed by atoms with Gasteiger partial charge in [0.25, 0.3) is 5.91 Å². The van der Waals surface area contributed by atoms with Gasteiger partial charge in [0.2, 0.25) is 0 Å². The molecule has 1 atom stereocenters. The fourth-order valence-corrected chi connectivity index (χ4v) is 3.06. The molecule has 3 aromatic rings. The number of carbonyl (C=O) groups excluding carboxylic acids is 1. The molecule has 3 N–H and O–H groups in total. The number of hydrogen-bond donors (Lipinski definition) is 3. The van der Waals surface area contributed by atoms with Gasteiger partial charge in [0.15, 0.2) is 0 Å². The number of carbonyl (C=O) groups is 1. The highest BCUT2D eigenvalue weighted by atomic mass is 16.5. The molecular weight excluding hydrogens is 354 g/mol. The number of nitrogens with one attached hydrogen (secondary N) is 2. The Hall–Kier alpha value is -3.82. The third-order valence-electron chi connectivity index (χ3n) is 4.42. The number of amides is 1. The fraction of sp³-hybridized carbons (Fsp3) is 0.0909. The molecule has 138 valence electrons. The van der Waals surface area contributed by atoms with Gasteiger partial charge < -0.3 is 20.1 Å². The van der Waals surface area contributed by atoms with Crippen molar-refractivity contribution < 1.29 is 14.6 Å². The smallest absolute Gasteiger partial charge is 0.256 e. The molecule has 1 unspecified atom stereocenters. The Bertz CT molecular complexity index is 1120. The van der Waals surface area contributed by atoms with Crippen molar-refractivity contribution in [2.75, 3.05) is 12.4 Å². The van der Waals surface area contributed by atoms with Gasteiger partial charge in [0, 0.05) is 35.3 Å². The summed E-state index contributed by atoms with van der Waals surface area (Å²) in [4.78, 5) is 19.6. The Morgan fingerprint density at radius 2 is 2.14 bits per heavy atom. The number of anilines is 1. The summed E-state index contributed by atoms with van der Waals surface area (Å²) in [6.45, 7) is 0. The lowest BCUT2D eigenvalue weighted by Gasteiger charge is -2.04. The highest BCUT2D eigenvalue weighted by Crippen LogP contribution is 2.36. The molecule has 1 amide bonds. The van der Waals surface area contributed by atoms with Gasteiger partial charge in [0.05, 0.1) is 24.1 Å². The number of nitrogens with zero attached hydrogens (tertiary/aromatic N) is 1. The minimum Gasteiger partial charge on any atom is -0.495 e. The minimum absolute atomic E-state index is 0.214. The number of rotatable bonds is 3. The topological polar surface area (TPSA) is 87.2 Å². The summed E-state index contributed by atoms with van der Waals surface area (Å²) in [7, 11) is 1.57. The van der Waals surface area contributed by atoms with Crippen LogP contribution in [-0.2, 0) is 4.79 Å². The number of ether oxygens (including phenoxy) is 1. The van der Waals surface area contributed by atoms with E-state index in [4.69, 9.17) is 4.74 Å². The summed E-state index contributed by atoms with van der Waals surface area (Å²) >= 11 is 0. The van der Waals surface area contributed by atoms with E-state index < -0.39 is 6.10 Å². The Morgan fingerprint density at radius 3 is 2.93 bits per heavy atom. The molecule has 0 spiro atoms. The molecule has 1 aromatic carbocycles. The summed E-state index contributed by atoms with van der Waals surface area (Å²) in [5, 5.41) is 13.1. The lowest BCUT2D eigenvalue weighted by atomic mass is 9.99. The van der Waals surface area contributed by atoms with E-state index in [1.165, 1.54) is 0 Å². The van der Waals surface area contributed by atoms with Crippen molar-refractivity contribution in [2.24, 2.45) is 0 Å². The molecule has 4 rings (SSSR count). The molecule has 6 nitrogen and oxygen atoms in total. The molecule has 1 aliphatic rings. The number of methoxy groups -OCH3 is 1. The molecular formula is C22H17N3O3. The third kappa shape index (κ3) is 3.27. The second-order valence-electron chi connectivity index (χ2n) is 6.16. The van der Waals surface area contributed by atoms with Crippen molar-refractivity contribution in [1.82, 2.24) is 9.97 Å². The van der Waals surface area contributed by atoms with Crippen LogP contribution in [0.4, 0.5) is 5.69 Å². The van der Waals surface area contributed by atoms with E-state index in [2.05, 4.69) is 27.1 Å². The van der Waals surface area contributed by atoms with Crippen LogP contribution in [0.15, 0.2) is 55.0 Å². The van der Waals surface area contributed by atoms with Crippen LogP contribution in [0, 0.1) is 11.8 Å². The number of aliphatic hydroxyl groups excluding tert-OH is 1. The molecule has 0 saturated heterocycles. The van der Waals surface area contributed by atoms with Crippen molar-refractivity contribution in [3.05, 3.63) is 77.4 Å². The predicted octanol–water partition coefficient (Wildman–Crippen LogP) is 3.00. The highest BCUT2D eigenvalue weighted by Gasteiger charge is 2.27. The van der Waals surface area contributed by atoms with E-state index in [1.54, 1.807) is 50.0 Å². The molecule has 1 aliphatic heterocycles. The monoisotopic (exact) mass is 371 g/mol. The SMILES string of the molecule is COc1cc[nH]c1/C=C1\C(=O)Nc2cccc(C#CC(O)c3cccnc3)c21. The number of hydrogen-bond acceptors (Lipinski definition) is 4. The van der Waals surface area contributed by atoms with E-state index >= 15 is 0 Å².